The Bertz CT molecular complexity index is 850. The van der Waals surface area contributed by atoms with E-state index in [1.807, 2.05) is 0 Å². The van der Waals surface area contributed by atoms with Gasteiger partial charge in [-0.25, -0.2) is 8.78 Å². The number of alkyl halides is 2. The molecule has 0 spiro atoms. The number of nitrogens with zero attached hydrogens (tertiary/aromatic N) is 1. The number of ether oxygens (including phenoxy) is 1. The fraction of sp³-hybridized carbons (Fsp3) is 0.235. The summed E-state index contributed by atoms with van der Waals surface area (Å²) >= 11 is 0. The highest BCUT2D eigenvalue weighted by Gasteiger charge is 2.20. The Kier molecular flexibility index (Phi) is 5.63. The zero-order valence-corrected chi connectivity index (χ0v) is 13.6. The summed E-state index contributed by atoms with van der Waals surface area (Å²) in [6, 6.07) is 5.91. The summed E-state index contributed by atoms with van der Waals surface area (Å²) < 4.78 is 29.9. The van der Waals surface area contributed by atoms with Gasteiger partial charge in [0, 0.05) is 29.9 Å². The normalized spacial score (nSPS) is 12.0. The van der Waals surface area contributed by atoms with Crippen molar-refractivity contribution in [2.45, 2.75) is 13.3 Å². The van der Waals surface area contributed by atoms with Gasteiger partial charge in [-0.15, -0.1) is 0 Å². The number of aliphatic hydroxyl groups is 1. The van der Waals surface area contributed by atoms with Crippen molar-refractivity contribution in [2.75, 3.05) is 13.7 Å². The average Bonchev–Trinajstić information content (AvgIpc) is 2.58. The SMILES string of the molecule is CN/C(O)=C(\C(C)=N)C(=O)c1ccc2nccc(OCC(F)F)c2c1. The van der Waals surface area contributed by atoms with E-state index in [4.69, 9.17) is 10.1 Å². The lowest BCUT2D eigenvalue weighted by atomic mass is 9.98. The molecular weight excluding hydrogens is 332 g/mol. The minimum absolute atomic E-state index is 0.114. The zero-order chi connectivity index (χ0) is 18.6. The lowest BCUT2D eigenvalue weighted by Crippen LogP contribution is -2.19. The van der Waals surface area contributed by atoms with Crippen LogP contribution in [0.2, 0.25) is 0 Å². The number of hydrogen-bond acceptors (Lipinski definition) is 6. The Morgan fingerprint density at radius 3 is 2.72 bits per heavy atom. The van der Waals surface area contributed by atoms with E-state index >= 15 is 0 Å². The van der Waals surface area contributed by atoms with E-state index in [9.17, 15) is 18.7 Å². The number of aromatic nitrogens is 1. The van der Waals surface area contributed by atoms with E-state index in [0.29, 0.717) is 10.9 Å². The van der Waals surface area contributed by atoms with Crippen LogP contribution >= 0.6 is 0 Å². The van der Waals surface area contributed by atoms with Crippen LogP contribution in [0.5, 0.6) is 5.75 Å². The second-order valence-electron chi connectivity index (χ2n) is 5.17. The molecule has 3 N–H and O–H groups in total. The summed E-state index contributed by atoms with van der Waals surface area (Å²) in [5.74, 6) is -0.822. The Hall–Kier alpha value is -3.03. The minimum atomic E-state index is -2.63. The first-order chi connectivity index (χ1) is 11.8. The third-order valence-electron chi connectivity index (χ3n) is 3.40. The monoisotopic (exact) mass is 349 g/mol. The van der Waals surface area contributed by atoms with Crippen molar-refractivity contribution >= 4 is 22.4 Å². The standard InChI is InChI=1S/C17H17F2N3O3/c1-9(20)15(17(24)21-2)16(23)10-3-4-12-11(7-10)13(5-6-22-12)25-8-14(18)19/h3-7,14,20-21,24H,8H2,1-2H3/b17-15-,20-9?. The van der Waals surface area contributed by atoms with Crippen LogP contribution in [-0.2, 0) is 0 Å². The lowest BCUT2D eigenvalue weighted by molar-refractivity contribution is 0.0826. The van der Waals surface area contributed by atoms with Gasteiger partial charge >= 0.3 is 0 Å². The number of halogens is 2. The molecule has 0 fully saturated rings. The number of carbonyl (C=O) groups is 1. The Morgan fingerprint density at radius 2 is 2.12 bits per heavy atom. The van der Waals surface area contributed by atoms with Gasteiger partial charge in [-0.2, -0.15) is 0 Å². The van der Waals surface area contributed by atoms with Gasteiger partial charge in [0.15, 0.2) is 11.7 Å². The molecule has 0 saturated carbocycles. The second-order valence-corrected chi connectivity index (χ2v) is 5.17. The number of rotatable bonds is 7. The van der Waals surface area contributed by atoms with Gasteiger partial charge in [0.2, 0.25) is 0 Å². The van der Waals surface area contributed by atoms with Crippen molar-refractivity contribution in [3.63, 3.8) is 0 Å². The predicted octanol–water partition coefficient (Wildman–Crippen LogP) is 3.09. The summed E-state index contributed by atoms with van der Waals surface area (Å²) in [5, 5.41) is 20.3. The summed E-state index contributed by atoms with van der Waals surface area (Å²) in [7, 11) is 1.42. The average molecular weight is 349 g/mol. The molecular formula is C17H17F2N3O3. The Balaban J connectivity index is 2.51. The fourth-order valence-corrected chi connectivity index (χ4v) is 2.27. The van der Waals surface area contributed by atoms with Crippen molar-refractivity contribution in [3.05, 3.63) is 47.5 Å². The number of carbonyl (C=O) groups excluding carboxylic acids is 1. The van der Waals surface area contributed by atoms with Crippen LogP contribution < -0.4 is 10.1 Å². The molecule has 0 aliphatic rings. The van der Waals surface area contributed by atoms with Gasteiger partial charge in [-0.1, -0.05) is 0 Å². The molecule has 1 aromatic carbocycles. The molecule has 0 radical (unpaired) electrons. The first-order valence-corrected chi connectivity index (χ1v) is 7.36. The number of fused-ring (bicyclic) bond motifs is 1. The third-order valence-corrected chi connectivity index (χ3v) is 3.40. The van der Waals surface area contributed by atoms with Crippen molar-refractivity contribution in [1.82, 2.24) is 10.3 Å². The number of benzene rings is 1. The topological polar surface area (TPSA) is 95.3 Å². The van der Waals surface area contributed by atoms with Crippen molar-refractivity contribution in [2.24, 2.45) is 0 Å². The van der Waals surface area contributed by atoms with Crippen LogP contribution in [-0.4, -0.2) is 41.7 Å². The molecule has 0 atom stereocenters. The molecule has 0 aliphatic carbocycles. The number of allylic oxidation sites excluding steroid dienone is 1. The molecule has 0 bridgehead atoms. The molecule has 8 heteroatoms. The van der Waals surface area contributed by atoms with Gasteiger partial charge in [-0.3, -0.25) is 9.78 Å². The molecule has 2 aromatic rings. The van der Waals surface area contributed by atoms with E-state index in [-0.39, 0.29) is 22.6 Å². The van der Waals surface area contributed by atoms with E-state index < -0.39 is 24.7 Å². The summed E-state index contributed by atoms with van der Waals surface area (Å²) in [4.78, 5) is 16.7. The highest BCUT2D eigenvalue weighted by molar-refractivity contribution is 6.27. The predicted molar refractivity (Wildman–Crippen MR) is 89.7 cm³/mol. The van der Waals surface area contributed by atoms with Gasteiger partial charge < -0.3 is 20.6 Å². The van der Waals surface area contributed by atoms with Crippen molar-refractivity contribution < 1.29 is 23.4 Å². The van der Waals surface area contributed by atoms with E-state index in [2.05, 4.69) is 10.3 Å². The van der Waals surface area contributed by atoms with Gasteiger partial charge in [0.25, 0.3) is 6.43 Å². The molecule has 2 rings (SSSR count). The highest BCUT2D eigenvalue weighted by Crippen LogP contribution is 2.26. The summed E-state index contributed by atoms with van der Waals surface area (Å²) in [5.41, 5.74) is 0.349. The quantitative estimate of drug-likeness (QED) is 0.309. The summed E-state index contributed by atoms with van der Waals surface area (Å²) in [6.07, 6.45) is -1.21. The van der Waals surface area contributed by atoms with Crippen molar-refractivity contribution in [3.8, 4) is 5.75 Å². The maximum atomic E-state index is 12.6. The van der Waals surface area contributed by atoms with Crippen LogP contribution in [0.25, 0.3) is 10.9 Å². The minimum Gasteiger partial charge on any atom is -0.494 e. The van der Waals surface area contributed by atoms with E-state index in [0.717, 1.165) is 0 Å². The van der Waals surface area contributed by atoms with Gasteiger partial charge in [0.05, 0.1) is 5.52 Å². The number of aliphatic hydroxyl groups excluding tert-OH is 1. The van der Waals surface area contributed by atoms with Crippen LogP contribution in [0.3, 0.4) is 0 Å². The number of pyridine rings is 1. The zero-order valence-electron chi connectivity index (χ0n) is 13.6. The maximum Gasteiger partial charge on any atom is 0.272 e. The Morgan fingerprint density at radius 1 is 1.40 bits per heavy atom. The van der Waals surface area contributed by atoms with E-state index in [1.54, 1.807) is 6.07 Å². The van der Waals surface area contributed by atoms with Gasteiger partial charge in [-0.05, 0) is 31.2 Å². The largest absolute Gasteiger partial charge is 0.494 e. The molecule has 132 valence electrons. The molecule has 6 nitrogen and oxygen atoms in total. The maximum absolute atomic E-state index is 12.6. The van der Waals surface area contributed by atoms with Crippen LogP contribution in [0.15, 0.2) is 41.9 Å². The van der Waals surface area contributed by atoms with Crippen molar-refractivity contribution in [1.29, 1.82) is 5.41 Å². The number of Topliss-reactive ketones (excluding diaryl/α,β-unsaturated/α-hetero) is 1. The van der Waals surface area contributed by atoms with Gasteiger partial charge in [0.1, 0.15) is 17.9 Å². The molecule has 0 saturated heterocycles. The summed E-state index contributed by atoms with van der Waals surface area (Å²) in [6.45, 7) is 0.600. The molecule has 0 amide bonds. The van der Waals surface area contributed by atoms with Crippen LogP contribution in [0.1, 0.15) is 17.3 Å². The molecule has 0 unspecified atom stereocenters. The smallest absolute Gasteiger partial charge is 0.272 e. The fourth-order valence-electron chi connectivity index (χ4n) is 2.27. The Labute approximate surface area is 142 Å². The third kappa shape index (κ3) is 4.09. The van der Waals surface area contributed by atoms with E-state index in [1.165, 1.54) is 38.4 Å². The molecule has 1 heterocycles. The molecule has 0 aliphatic heterocycles. The number of nitrogens with one attached hydrogen (secondary N) is 2. The van der Waals surface area contributed by atoms with Crippen LogP contribution in [0.4, 0.5) is 8.78 Å². The van der Waals surface area contributed by atoms with Crippen LogP contribution in [0, 0.1) is 5.41 Å². The lowest BCUT2D eigenvalue weighted by Gasteiger charge is -2.11. The number of hydrogen-bond donors (Lipinski definition) is 3. The number of ketones is 1. The first kappa shape index (κ1) is 18.3. The first-order valence-electron chi connectivity index (χ1n) is 7.36. The molecule has 25 heavy (non-hydrogen) atoms. The molecule has 1 aromatic heterocycles. The highest BCUT2D eigenvalue weighted by atomic mass is 19.3. The second kappa shape index (κ2) is 7.69.